The Balaban J connectivity index is 1.45. The quantitative estimate of drug-likeness (QED) is 0.621. The maximum atomic E-state index is 13.0. The summed E-state index contributed by atoms with van der Waals surface area (Å²) < 4.78 is 20.0. The maximum Gasteiger partial charge on any atom is 0.273 e. The van der Waals surface area contributed by atoms with Crippen molar-refractivity contribution < 1.29 is 13.6 Å². The Morgan fingerprint density at radius 1 is 1.16 bits per heavy atom. The summed E-state index contributed by atoms with van der Waals surface area (Å²) in [5.41, 5.74) is 1.56. The first kappa shape index (κ1) is 15.1. The van der Waals surface area contributed by atoms with Crippen LogP contribution in [0.4, 0.5) is 4.39 Å². The molecule has 124 valence electrons. The number of hydrogen-bond acceptors (Lipinski definition) is 4. The number of furan rings is 1. The second kappa shape index (κ2) is 6.20. The molecule has 0 radical (unpaired) electrons. The van der Waals surface area contributed by atoms with Gasteiger partial charge in [0.15, 0.2) is 5.69 Å². The van der Waals surface area contributed by atoms with E-state index in [1.165, 1.54) is 23.0 Å². The SMILES string of the molecule is O=C(NCc1cc2ccccc2o1)c1cn(-c2ccc(F)cc2)nn1. The highest BCUT2D eigenvalue weighted by Crippen LogP contribution is 2.18. The van der Waals surface area contributed by atoms with Crippen molar-refractivity contribution in [1.82, 2.24) is 20.3 Å². The molecule has 0 atom stereocenters. The van der Waals surface area contributed by atoms with Crippen LogP contribution in [0.5, 0.6) is 0 Å². The fourth-order valence-electron chi connectivity index (χ4n) is 2.47. The Morgan fingerprint density at radius 3 is 2.76 bits per heavy atom. The minimum absolute atomic E-state index is 0.167. The van der Waals surface area contributed by atoms with Crippen molar-refractivity contribution in [1.29, 1.82) is 0 Å². The van der Waals surface area contributed by atoms with E-state index in [2.05, 4.69) is 15.6 Å². The van der Waals surface area contributed by atoms with E-state index in [-0.39, 0.29) is 24.0 Å². The van der Waals surface area contributed by atoms with Crippen molar-refractivity contribution >= 4 is 16.9 Å². The zero-order chi connectivity index (χ0) is 17.2. The molecule has 0 spiro atoms. The molecule has 7 heteroatoms. The van der Waals surface area contributed by atoms with Crippen molar-refractivity contribution in [2.45, 2.75) is 6.54 Å². The third-order valence-corrected chi connectivity index (χ3v) is 3.72. The fraction of sp³-hybridized carbons (Fsp3) is 0.0556. The number of amides is 1. The van der Waals surface area contributed by atoms with Gasteiger partial charge in [0.2, 0.25) is 0 Å². The number of carbonyl (C=O) groups is 1. The lowest BCUT2D eigenvalue weighted by Gasteiger charge is -2.00. The molecule has 2 aromatic heterocycles. The lowest BCUT2D eigenvalue weighted by molar-refractivity contribution is 0.0943. The zero-order valence-electron chi connectivity index (χ0n) is 13.0. The lowest BCUT2D eigenvalue weighted by Crippen LogP contribution is -2.22. The Bertz CT molecular complexity index is 1000. The lowest BCUT2D eigenvalue weighted by atomic mass is 10.2. The molecule has 0 aliphatic heterocycles. The van der Waals surface area contributed by atoms with E-state index in [1.54, 1.807) is 12.1 Å². The molecule has 2 aromatic carbocycles. The van der Waals surface area contributed by atoms with Crippen LogP contribution in [0.15, 0.2) is 65.2 Å². The van der Waals surface area contributed by atoms with E-state index in [0.29, 0.717) is 11.4 Å². The highest BCUT2D eigenvalue weighted by atomic mass is 19.1. The summed E-state index contributed by atoms with van der Waals surface area (Å²) in [4.78, 5) is 12.2. The van der Waals surface area contributed by atoms with Gasteiger partial charge < -0.3 is 9.73 Å². The van der Waals surface area contributed by atoms with E-state index in [1.807, 2.05) is 30.3 Å². The Hall–Kier alpha value is -3.48. The zero-order valence-corrected chi connectivity index (χ0v) is 13.0. The average molecular weight is 336 g/mol. The van der Waals surface area contributed by atoms with Crippen LogP contribution in [-0.2, 0) is 6.54 Å². The van der Waals surface area contributed by atoms with Gasteiger partial charge in [0, 0.05) is 5.39 Å². The smallest absolute Gasteiger partial charge is 0.273 e. The Labute approximate surface area is 141 Å². The second-order valence-corrected chi connectivity index (χ2v) is 5.46. The van der Waals surface area contributed by atoms with Gasteiger partial charge in [-0.25, -0.2) is 9.07 Å². The third kappa shape index (κ3) is 3.12. The normalized spacial score (nSPS) is 10.9. The number of para-hydroxylation sites is 1. The molecular formula is C18H13FN4O2. The molecule has 0 saturated heterocycles. The van der Waals surface area contributed by atoms with E-state index >= 15 is 0 Å². The minimum Gasteiger partial charge on any atom is -0.459 e. The van der Waals surface area contributed by atoms with Crippen molar-refractivity contribution in [2.24, 2.45) is 0 Å². The van der Waals surface area contributed by atoms with Crippen molar-refractivity contribution in [3.05, 3.63) is 78.1 Å². The van der Waals surface area contributed by atoms with E-state index in [9.17, 15) is 9.18 Å². The van der Waals surface area contributed by atoms with E-state index in [4.69, 9.17) is 4.42 Å². The number of aromatic nitrogens is 3. The van der Waals surface area contributed by atoms with Crippen molar-refractivity contribution in [3.8, 4) is 5.69 Å². The molecule has 6 nitrogen and oxygen atoms in total. The van der Waals surface area contributed by atoms with Crippen LogP contribution in [0.1, 0.15) is 16.2 Å². The maximum absolute atomic E-state index is 13.0. The fourth-order valence-corrected chi connectivity index (χ4v) is 2.47. The molecule has 0 aliphatic rings. The largest absolute Gasteiger partial charge is 0.459 e. The highest BCUT2D eigenvalue weighted by molar-refractivity contribution is 5.91. The average Bonchev–Trinajstić information content (AvgIpc) is 3.27. The number of benzene rings is 2. The minimum atomic E-state index is -0.367. The number of halogens is 1. The molecule has 0 fully saturated rings. The van der Waals surface area contributed by atoms with Crippen LogP contribution < -0.4 is 5.32 Å². The van der Waals surface area contributed by atoms with Gasteiger partial charge >= 0.3 is 0 Å². The van der Waals surface area contributed by atoms with Crippen LogP contribution in [0.25, 0.3) is 16.7 Å². The standard InChI is InChI=1S/C18H13FN4O2/c19-13-5-7-14(8-6-13)23-11-16(21-22-23)18(24)20-10-15-9-12-3-1-2-4-17(12)25-15/h1-9,11H,10H2,(H,20,24). The molecule has 0 saturated carbocycles. The number of fused-ring (bicyclic) bond motifs is 1. The number of hydrogen-bond donors (Lipinski definition) is 1. The predicted octanol–water partition coefficient (Wildman–Crippen LogP) is 3.08. The first-order chi connectivity index (χ1) is 12.2. The Kier molecular flexibility index (Phi) is 3.74. The summed E-state index contributed by atoms with van der Waals surface area (Å²) in [6, 6.07) is 15.3. The molecule has 4 rings (SSSR count). The van der Waals surface area contributed by atoms with Gasteiger partial charge in [0.1, 0.15) is 17.2 Å². The molecule has 0 aliphatic carbocycles. The number of rotatable bonds is 4. The van der Waals surface area contributed by atoms with Gasteiger partial charge in [0.05, 0.1) is 18.4 Å². The van der Waals surface area contributed by atoms with Crippen LogP contribution in [-0.4, -0.2) is 20.9 Å². The Morgan fingerprint density at radius 2 is 1.96 bits per heavy atom. The van der Waals surface area contributed by atoms with Gasteiger partial charge in [-0.3, -0.25) is 4.79 Å². The summed E-state index contributed by atoms with van der Waals surface area (Å²) in [6.45, 7) is 0.247. The third-order valence-electron chi connectivity index (χ3n) is 3.72. The number of carbonyl (C=O) groups excluding carboxylic acids is 1. The van der Waals surface area contributed by atoms with Crippen LogP contribution in [0.3, 0.4) is 0 Å². The van der Waals surface area contributed by atoms with Gasteiger partial charge in [0.25, 0.3) is 5.91 Å². The molecule has 1 amide bonds. The number of nitrogens with zero attached hydrogens (tertiary/aromatic N) is 3. The van der Waals surface area contributed by atoms with Crippen LogP contribution >= 0.6 is 0 Å². The van der Waals surface area contributed by atoms with E-state index in [0.717, 1.165) is 11.0 Å². The van der Waals surface area contributed by atoms with Crippen LogP contribution in [0, 0.1) is 5.82 Å². The first-order valence-electron chi connectivity index (χ1n) is 7.63. The van der Waals surface area contributed by atoms with Gasteiger partial charge in [-0.1, -0.05) is 23.4 Å². The van der Waals surface area contributed by atoms with Crippen molar-refractivity contribution in [2.75, 3.05) is 0 Å². The molecule has 4 aromatic rings. The second-order valence-electron chi connectivity index (χ2n) is 5.46. The molecule has 0 unspecified atom stereocenters. The first-order valence-corrected chi connectivity index (χ1v) is 7.63. The van der Waals surface area contributed by atoms with Gasteiger partial charge in [-0.2, -0.15) is 0 Å². The molecule has 25 heavy (non-hydrogen) atoms. The number of nitrogens with one attached hydrogen (secondary N) is 1. The summed E-state index contributed by atoms with van der Waals surface area (Å²) in [5.74, 6) is -0.0537. The van der Waals surface area contributed by atoms with E-state index < -0.39 is 0 Å². The van der Waals surface area contributed by atoms with Gasteiger partial charge in [-0.15, -0.1) is 5.10 Å². The van der Waals surface area contributed by atoms with Gasteiger partial charge in [-0.05, 0) is 36.4 Å². The highest BCUT2D eigenvalue weighted by Gasteiger charge is 2.12. The predicted molar refractivity (Wildman–Crippen MR) is 88.7 cm³/mol. The summed E-state index contributed by atoms with van der Waals surface area (Å²) in [6.07, 6.45) is 1.49. The monoisotopic (exact) mass is 336 g/mol. The molecule has 0 bridgehead atoms. The summed E-state index contributed by atoms with van der Waals surface area (Å²) >= 11 is 0. The molecular weight excluding hydrogens is 323 g/mol. The summed E-state index contributed by atoms with van der Waals surface area (Å²) in [5, 5.41) is 11.5. The summed E-state index contributed by atoms with van der Waals surface area (Å²) in [7, 11) is 0. The molecule has 2 heterocycles. The molecule has 1 N–H and O–H groups in total. The van der Waals surface area contributed by atoms with Crippen LogP contribution in [0.2, 0.25) is 0 Å². The van der Waals surface area contributed by atoms with Crippen molar-refractivity contribution in [3.63, 3.8) is 0 Å². The topological polar surface area (TPSA) is 73.0 Å².